The van der Waals surface area contributed by atoms with Crippen LogP contribution in [0.2, 0.25) is 0 Å². The zero-order valence-electron chi connectivity index (χ0n) is 7.55. The third-order valence-electron chi connectivity index (χ3n) is 1.30. The zero-order chi connectivity index (χ0) is 10.1. The number of hydrogen-bond acceptors (Lipinski definition) is 4. The van der Waals surface area contributed by atoms with E-state index in [0.717, 1.165) is 0 Å². The fraction of sp³-hybridized carbons (Fsp3) is 0.750. The Morgan fingerprint density at radius 3 is 2.46 bits per heavy atom. The Bertz CT molecular complexity index is 170. The summed E-state index contributed by atoms with van der Waals surface area (Å²) in [6.45, 7) is 2.41. The molecule has 0 aromatic heterocycles. The van der Waals surface area contributed by atoms with E-state index >= 15 is 0 Å². The lowest BCUT2D eigenvalue weighted by atomic mass is 10.2. The summed E-state index contributed by atoms with van der Waals surface area (Å²) < 4.78 is 9.15. The van der Waals surface area contributed by atoms with Crippen molar-refractivity contribution in [2.24, 2.45) is 0 Å². The minimum atomic E-state index is -0.809. The molecule has 0 fully saturated rings. The monoisotopic (exact) mass is 208 g/mol. The Morgan fingerprint density at radius 1 is 1.23 bits per heavy atom. The van der Waals surface area contributed by atoms with Crippen molar-refractivity contribution in [2.75, 3.05) is 13.2 Å². The molecule has 0 spiro atoms. The average molecular weight is 209 g/mol. The second-order valence-electron chi connectivity index (χ2n) is 2.35. The largest absolute Gasteiger partial charge is 0.466 e. The first kappa shape index (κ1) is 12.2. The second kappa shape index (κ2) is 7.86. The van der Waals surface area contributed by atoms with Gasteiger partial charge in [-0.05, 0) is 19.8 Å². The van der Waals surface area contributed by atoms with Crippen molar-refractivity contribution in [1.29, 1.82) is 0 Å². The van der Waals surface area contributed by atoms with Gasteiger partial charge in [0, 0.05) is 18.0 Å². The standard InChI is InChI=1S/C8H13ClO4/c1-2-12-7(10)5-3-4-6-13-8(9)11/h2-6H2,1H3. The van der Waals surface area contributed by atoms with E-state index in [-0.39, 0.29) is 12.6 Å². The maximum absolute atomic E-state index is 10.8. The number of hydrogen-bond donors (Lipinski definition) is 0. The Morgan fingerprint density at radius 2 is 1.92 bits per heavy atom. The van der Waals surface area contributed by atoms with E-state index in [9.17, 15) is 9.59 Å². The highest BCUT2D eigenvalue weighted by atomic mass is 35.5. The van der Waals surface area contributed by atoms with E-state index in [1.165, 1.54) is 0 Å². The predicted octanol–water partition coefficient (Wildman–Crippen LogP) is 2.10. The summed E-state index contributed by atoms with van der Waals surface area (Å²) in [5.74, 6) is -0.222. The van der Waals surface area contributed by atoms with Gasteiger partial charge in [0.25, 0.3) is 0 Å². The van der Waals surface area contributed by atoms with Gasteiger partial charge in [-0.3, -0.25) is 4.79 Å². The molecule has 0 aliphatic rings. The normalized spacial score (nSPS) is 9.38. The highest BCUT2D eigenvalue weighted by Gasteiger charge is 2.01. The maximum Gasteiger partial charge on any atom is 0.403 e. The molecule has 0 aromatic rings. The molecule has 0 unspecified atom stereocenters. The highest BCUT2D eigenvalue weighted by Crippen LogP contribution is 1.99. The van der Waals surface area contributed by atoms with Gasteiger partial charge in [0.05, 0.1) is 13.2 Å². The van der Waals surface area contributed by atoms with Gasteiger partial charge < -0.3 is 9.47 Å². The van der Waals surface area contributed by atoms with E-state index in [0.29, 0.717) is 25.9 Å². The SMILES string of the molecule is CCOC(=O)CCCCOC(=O)Cl. The number of esters is 1. The molecule has 0 amide bonds. The van der Waals surface area contributed by atoms with Crippen LogP contribution in [0.15, 0.2) is 0 Å². The van der Waals surface area contributed by atoms with E-state index < -0.39 is 5.43 Å². The van der Waals surface area contributed by atoms with E-state index in [1.54, 1.807) is 6.92 Å². The molecular weight excluding hydrogens is 196 g/mol. The van der Waals surface area contributed by atoms with Crippen molar-refractivity contribution in [1.82, 2.24) is 0 Å². The van der Waals surface area contributed by atoms with Crippen molar-refractivity contribution >= 4 is 23.0 Å². The quantitative estimate of drug-likeness (QED) is 0.381. The number of carbonyl (C=O) groups is 2. The van der Waals surface area contributed by atoms with Crippen LogP contribution in [0.25, 0.3) is 0 Å². The average Bonchev–Trinajstić information content (AvgIpc) is 2.03. The molecule has 76 valence electrons. The first-order chi connectivity index (χ1) is 6.16. The lowest BCUT2D eigenvalue weighted by molar-refractivity contribution is -0.143. The second-order valence-corrected chi connectivity index (χ2v) is 2.66. The molecule has 0 N–H and O–H groups in total. The predicted molar refractivity (Wildman–Crippen MR) is 47.7 cm³/mol. The van der Waals surface area contributed by atoms with Crippen molar-refractivity contribution in [2.45, 2.75) is 26.2 Å². The van der Waals surface area contributed by atoms with E-state index in [1.807, 2.05) is 0 Å². The van der Waals surface area contributed by atoms with Gasteiger partial charge in [-0.2, -0.15) is 0 Å². The van der Waals surface area contributed by atoms with Crippen molar-refractivity contribution in [3.05, 3.63) is 0 Å². The van der Waals surface area contributed by atoms with Crippen molar-refractivity contribution in [3.63, 3.8) is 0 Å². The van der Waals surface area contributed by atoms with Crippen LogP contribution in [-0.4, -0.2) is 24.6 Å². The minimum Gasteiger partial charge on any atom is -0.466 e. The molecule has 0 rings (SSSR count). The maximum atomic E-state index is 10.8. The molecule has 0 saturated carbocycles. The third kappa shape index (κ3) is 9.14. The fourth-order valence-electron chi connectivity index (χ4n) is 0.757. The number of rotatable bonds is 6. The number of carbonyl (C=O) groups excluding carboxylic acids is 2. The summed E-state index contributed by atoms with van der Waals surface area (Å²) in [7, 11) is 0. The topological polar surface area (TPSA) is 52.6 Å². The highest BCUT2D eigenvalue weighted by molar-refractivity contribution is 6.61. The summed E-state index contributed by atoms with van der Waals surface area (Å²) in [6, 6.07) is 0. The van der Waals surface area contributed by atoms with Crippen LogP contribution in [0.4, 0.5) is 4.79 Å². The van der Waals surface area contributed by atoms with Crippen LogP contribution in [0.3, 0.4) is 0 Å². The molecule has 0 aliphatic heterocycles. The summed E-state index contributed by atoms with van der Waals surface area (Å²) in [6.07, 6.45) is 1.62. The molecule has 0 heterocycles. The third-order valence-corrected chi connectivity index (χ3v) is 1.41. The summed E-state index contributed by atoms with van der Waals surface area (Å²) in [5, 5.41) is 0. The molecule has 5 heteroatoms. The summed E-state index contributed by atoms with van der Waals surface area (Å²) in [5.41, 5.74) is -0.809. The first-order valence-electron chi connectivity index (χ1n) is 4.14. The van der Waals surface area contributed by atoms with Gasteiger partial charge in [-0.1, -0.05) is 0 Å². The smallest absolute Gasteiger partial charge is 0.403 e. The number of ether oxygens (including phenoxy) is 2. The Kier molecular flexibility index (Phi) is 7.39. The van der Waals surface area contributed by atoms with Crippen LogP contribution in [0.1, 0.15) is 26.2 Å². The number of halogens is 1. The fourth-order valence-corrected chi connectivity index (χ4v) is 0.834. The molecule has 0 bridgehead atoms. The van der Waals surface area contributed by atoms with Crippen LogP contribution in [-0.2, 0) is 14.3 Å². The minimum absolute atomic E-state index is 0.222. The molecule has 0 aliphatic carbocycles. The van der Waals surface area contributed by atoms with Crippen LogP contribution in [0.5, 0.6) is 0 Å². The number of unbranched alkanes of at least 4 members (excludes halogenated alkanes) is 1. The van der Waals surface area contributed by atoms with Gasteiger partial charge in [0.2, 0.25) is 0 Å². The van der Waals surface area contributed by atoms with Gasteiger partial charge in [-0.15, -0.1) is 0 Å². The van der Waals surface area contributed by atoms with Crippen LogP contribution >= 0.6 is 11.6 Å². The molecule has 13 heavy (non-hydrogen) atoms. The van der Waals surface area contributed by atoms with Crippen LogP contribution < -0.4 is 0 Å². The van der Waals surface area contributed by atoms with Crippen LogP contribution in [0, 0.1) is 0 Å². The molecule has 0 saturated heterocycles. The van der Waals surface area contributed by atoms with Crippen molar-refractivity contribution in [3.8, 4) is 0 Å². The first-order valence-corrected chi connectivity index (χ1v) is 4.52. The molecule has 0 radical (unpaired) electrons. The molecule has 0 aromatic carbocycles. The van der Waals surface area contributed by atoms with E-state index in [2.05, 4.69) is 4.74 Å². The van der Waals surface area contributed by atoms with Gasteiger partial charge in [0.1, 0.15) is 0 Å². The van der Waals surface area contributed by atoms with E-state index in [4.69, 9.17) is 16.3 Å². The Labute approximate surface area is 82.1 Å². The lowest BCUT2D eigenvalue weighted by Crippen LogP contribution is -2.04. The Hall–Kier alpha value is -0.770. The summed E-state index contributed by atoms with van der Waals surface area (Å²) >= 11 is 4.92. The molecular formula is C8H13ClO4. The Balaban J connectivity index is 3.16. The van der Waals surface area contributed by atoms with Gasteiger partial charge >= 0.3 is 11.4 Å². The molecule has 4 nitrogen and oxygen atoms in total. The lowest BCUT2D eigenvalue weighted by Gasteiger charge is -2.01. The zero-order valence-corrected chi connectivity index (χ0v) is 8.30. The summed E-state index contributed by atoms with van der Waals surface area (Å²) in [4.78, 5) is 20.9. The van der Waals surface area contributed by atoms with Gasteiger partial charge in [0.15, 0.2) is 0 Å². The molecule has 0 atom stereocenters. The van der Waals surface area contributed by atoms with Gasteiger partial charge in [-0.25, -0.2) is 4.79 Å². The van der Waals surface area contributed by atoms with Crippen molar-refractivity contribution < 1.29 is 19.1 Å².